The van der Waals surface area contributed by atoms with Crippen LogP contribution in [0.25, 0.3) is 0 Å². The van der Waals surface area contributed by atoms with Gasteiger partial charge in [0.2, 0.25) is 0 Å². The summed E-state index contributed by atoms with van der Waals surface area (Å²) in [5.74, 6) is -0.0683. The highest BCUT2D eigenvalue weighted by Gasteiger charge is 2.61. The van der Waals surface area contributed by atoms with E-state index in [1.807, 2.05) is 24.3 Å². The molecular formula is C17H18O5. The topological polar surface area (TPSA) is 54.0 Å². The van der Waals surface area contributed by atoms with Gasteiger partial charge in [0.25, 0.3) is 0 Å². The normalized spacial score (nSPS) is 40.2. The van der Waals surface area contributed by atoms with Gasteiger partial charge in [-0.3, -0.25) is 4.79 Å². The van der Waals surface area contributed by atoms with Crippen LogP contribution in [-0.2, 0) is 23.7 Å². The highest BCUT2D eigenvalue weighted by Crippen LogP contribution is 2.55. The highest BCUT2D eigenvalue weighted by molar-refractivity contribution is 5.77. The first-order chi connectivity index (χ1) is 10.8. The summed E-state index contributed by atoms with van der Waals surface area (Å²) in [5.41, 5.74) is 1.98. The molecule has 116 valence electrons. The number of fused-ring (bicyclic) bond motifs is 5. The minimum absolute atomic E-state index is 0.0543. The summed E-state index contributed by atoms with van der Waals surface area (Å²) in [6, 6.07) is 7.96. The zero-order valence-electron chi connectivity index (χ0n) is 12.1. The fraction of sp³-hybridized carbons (Fsp3) is 0.588. The van der Waals surface area contributed by atoms with Crippen molar-refractivity contribution in [3.63, 3.8) is 0 Å². The van der Waals surface area contributed by atoms with Crippen molar-refractivity contribution in [2.75, 3.05) is 13.2 Å². The van der Waals surface area contributed by atoms with E-state index in [9.17, 15) is 4.79 Å². The van der Waals surface area contributed by atoms with Crippen LogP contribution in [0.3, 0.4) is 0 Å². The Morgan fingerprint density at radius 3 is 2.50 bits per heavy atom. The Kier molecular flexibility index (Phi) is 2.84. The van der Waals surface area contributed by atoms with E-state index in [0.717, 1.165) is 24.0 Å². The van der Waals surface area contributed by atoms with Crippen LogP contribution < -0.4 is 0 Å². The van der Waals surface area contributed by atoms with Crippen LogP contribution in [0.5, 0.6) is 0 Å². The summed E-state index contributed by atoms with van der Waals surface area (Å²) >= 11 is 0. The van der Waals surface area contributed by atoms with Gasteiger partial charge in [0.05, 0.1) is 31.3 Å². The van der Waals surface area contributed by atoms with Gasteiger partial charge in [-0.05, 0) is 12.8 Å². The number of hydrogen-bond donors (Lipinski definition) is 0. The maximum atomic E-state index is 12.3. The number of ether oxygens (including phenoxy) is 4. The molecule has 5 unspecified atom stereocenters. The lowest BCUT2D eigenvalue weighted by Gasteiger charge is -2.25. The zero-order valence-corrected chi connectivity index (χ0v) is 12.1. The molecule has 5 rings (SSSR count). The van der Waals surface area contributed by atoms with Crippen molar-refractivity contribution in [3.05, 3.63) is 35.4 Å². The van der Waals surface area contributed by atoms with Crippen molar-refractivity contribution in [2.45, 2.75) is 37.4 Å². The molecule has 1 aromatic carbocycles. The van der Waals surface area contributed by atoms with E-state index in [0.29, 0.717) is 13.2 Å². The molecule has 22 heavy (non-hydrogen) atoms. The Labute approximate surface area is 128 Å². The third-order valence-corrected chi connectivity index (χ3v) is 5.37. The number of cyclic esters (lactones) is 1. The van der Waals surface area contributed by atoms with Crippen molar-refractivity contribution in [1.29, 1.82) is 0 Å². The second-order valence-corrected chi connectivity index (χ2v) is 6.45. The number of rotatable bonds is 2. The number of esters is 1. The lowest BCUT2D eigenvalue weighted by molar-refractivity contribution is -0.147. The third kappa shape index (κ3) is 1.73. The molecule has 4 aliphatic rings. The van der Waals surface area contributed by atoms with Crippen LogP contribution in [0.4, 0.5) is 0 Å². The average Bonchev–Trinajstić information content (AvgIpc) is 3.31. The Morgan fingerprint density at radius 2 is 1.68 bits per heavy atom. The number of hydrogen-bond acceptors (Lipinski definition) is 5. The predicted molar refractivity (Wildman–Crippen MR) is 74.8 cm³/mol. The monoisotopic (exact) mass is 302 g/mol. The first-order valence-corrected chi connectivity index (χ1v) is 8.01. The summed E-state index contributed by atoms with van der Waals surface area (Å²) in [5, 5.41) is 0. The molecule has 0 radical (unpaired) electrons. The summed E-state index contributed by atoms with van der Waals surface area (Å²) in [4.78, 5) is 12.3. The Bertz CT molecular complexity index is 609. The van der Waals surface area contributed by atoms with Crippen molar-refractivity contribution in [2.24, 2.45) is 11.8 Å². The Morgan fingerprint density at radius 1 is 0.955 bits per heavy atom. The van der Waals surface area contributed by atoms with Crippen molar-refractivity contribution >= 4 is 5.97 Å². The van der Waals surface area contributed by atoms with E-state index in [4.69, 9.17) is 18.9 Å². The molecule has 0 N–H and O–H groups in total. The van der Waals surface area contributed by atoms with Gasteiger partial charge < -0.3 is 18.9 Å². The largest absolute Gasteiger partial charge is 0.457 e. The molecule has 1 aromatic rings. The zero-order chi connectivity index (χ0) is 14.7. The molecule has 5 atom stereocenters. The number of benzene rings is 1. The molecule has 0 amide bonds. The van der Waals surface area contributed by atoms with Crippen LogP contribution >= 0.6 is 0 Å². The van der Waals surface area contributed by atoms with Crippen LogP contribution in [0, 0.1) is 11.8 Å². The van der Waals surface area contributed by atoms with Gasteiger partial charge in [0.1, 0.15) is 6.10 Å². The van der Waals surface area contributed by atoms with Crippen LogP contribution in [-0.4, -0.2) is 31.4 Å². The summed E-state index contributed by atoms with van der Waals surface area (Å²) < 4.78 is 23.0. The minimum Gasteiger partial charge on any atom is -0.457 e. The smallest absolute Gasteiger partial charge is 0.312 e. The molecule has 2 bridgehead atoms. The highest BCUT2D eigenvalue weighted by atomic mass is 16.7. The first-order valence-electron chi connectivity index (χ1n) is 8.01. The molecule has 0 aromatic heterocycles. The lowest BCUT2D eigenvalue weighted by atomic mass is 9.76. The van der Waals surface area contributed by atoms with Gasteiger partial charge in [-0.2, -0.15) is 0 Å². The van der Waals surface area contributed by atoms with Crippen LogP contribution in [0.15, 0.2) is 24.3 Å². The van der Waals surface area contributed by atoms with Crippen molar-refractivity contribution in [3.8, 4) is 0 Å². The second-order valence-electron chi connectivity index (χ2n) is 6.45. The average molecular weight is 302 g/mol. The second kappa shape index (κ2) is 4.78. The number of carbonyl (C=O) groups is 1. The fourth-order valence-corrected chi connectivity index (χ4v) is 4.48. The van der Waals surface area contributed by atoms with E-state index in [1.165, 1.54) is 0 Å². The van der Waals surface area contributed by atoms with Gasteiger partial charge in [0, 0.05) is 17.0 Å². The molecular weight excluding hydrogens is 284 g/mol. The summed E-state index contributed by atoms with van der Waals surface area (Å²) in [7, 11) is 0. The van der Waals surface area contributed by atoms with E-state index < -0.39 is 0 Å². The minimum atomic E-state index is -0.353. The van der Waals surface area contributed by atoms with Crippen LogP contribution in [0.1, 0.15) is 36.4 Å². The SMILES string of the molecule is O=C1OC(c2ccccc2C2OCCO2)C2C3CCC(O3)C12. The van der Waals surface area contributed by atoms with Gasteiger partial charge in [-0.25, -0.2) is 0 Å². The molecule has 0 spiro atoms. The quantitative estimate of drug-likeness (QED) is 0.783. The van der Waals surface area contributed by atoms with Crippen molar-refractivity contribution < 1.29 is 23.7 Å². The fourth-order valence-electron chi connectivity index (χ4n) is 4.48. The summed E-state index contributed by atoms with van der Waals surface area (Å²) in [6.45, 7) is 1.20. The van der Waals surface area contributed by atoms with Gasteiger partial charge in [-0.15, -0.1) is 0 Å². The van der Waals surface area contributed by atoms with E-state index in [1.54, 1.807) is 0 Å². The first kappa shape index (κ1) is 13.0. The molecule has 5 nitrogen and oxygen atoms in total. The molecule has 4 heterocycles. The Balaban J connectivity index is 1.54. The van der Waals surface area contributed by atoms with E-state index in [2.05, 4.69) is 0 Å². The molecule has 0 saturated carbocycles. The third-order valence-electron chi connectivity index (χ3n) is 5.37. The molecule has 5 heteroatoms. The van der Waals surface area contributed by atoms with E-state index in [-0.39, 0.29) is 42.4 Å². The number of carbonyl (C=O) groups excluding carboxylic acids is 1. The van der Waals surface area contributed by atoms with Crippen LogP contribution in [0.2, 0.25) is 0 Å². The standard InChI is InChI=1S/C17H18O5/c18-16-14-12-6-5-11(21-12)13(14)15(22-16)9-3-1-2-4-10(9)17-19-7-8-20-17/h1-4,11-15,17H,5-8H2. The summed E-state index contributed by atoms with van der Waals surface area (Å²) in [6.07, 6.45) is 1.61. The van der Waals surface area contributed by atoms with Gasteiger partial charge >= 0.3 is 5.97 Å². The maximum absolute atomic E-state index is 12.3. The Hall–Kier alpha value is -1.43. The molecule has 4 aliphatic heterocycles. The molecule has 4 fully saturated rings. The predicted octanol–water partition coefficient (Wildman–Crippen LogP) is 2.12. The van der Waals surface area contributed by atoms with Gasteiger partial charge in [0.15, 0.2) is 6.29 Å². The van der Waals surface area contributed by atoms with E-state index >= 15 is 0 Å². The van der Waals surface area contributed by atoms with Crippen molar-refractivity contribution in [1.82, 2.24) is 0 Å². The van der Waals surface area contributed by atoms with Gasteiger partial charge in [-0.1, -0.05) is 24.3 Å². The maximum Gasteiger partial charge on any atom is 0.312 e. The molecule has 0 aliphatic carbocycles. The molecule has 4 saturated heterocycles. The lowest BCUT2D eigenvalue weighted by Crippen LogP contribution is -2.28.